The van der Waals surface area contributed by atoms with Gasteiger partial charge in [-0.05, 0) is 55.3 Å². The number of nitrogens with zero attached hydrogens (tertiary/aromatic N) is 1. The van der Waals surface area contributed by atoms with Crippen LogP contribution in [0.2, 0.25) is 0 Å². The third-order valence-electron chi connectivity index (χ3n) is 4.12. The quantitative estimate of drug-likeness (QED) is 0.712. The number of carbonyl (C=O) groups excluding carboxylic acids is 1. The molecule has 136 valence electrons. The first-order valence-electron chi connectivity index (χ1n) is 8.61. The summed E-state index contributed by atoms with van der Waals surface area (Å²) in [7, 11) is 0. The van der Waals surface area contributed by atoms with Gasteiger partial charge in [-0.25, -0.2) is 0 Å². The molecule has 27 heavy (non-hydrogen) atoms. The number of amides is 1. The van der Waals surface area contributed by atoms with Crippen LogP contribution in [-0.2, 0) is 13.2 Å². The SMILES string of the molecule is Cc1ccc(OCc2ccc(C(=O)NCc3ccc(C#N)cc3)o2)c(C)c1. The van der Waals surface area contributed by atoms with Crippen LogP contribution in [0.5, 0.6) is 5.75 Å². The van der Waals surface area contributed by atoms with Crippen LogP contribution < -0.4 is 10.1 Å². The molecule has 0 spiro atoms. The minimum atomic E-state index is -0.294. The largest absolute Gasteiger partial charge is 0.485 e. The number of hydrogen-bond acceptors (Lipinski definition) is 4. The Hall–Kier alpha value is -3.52. The highest BCUT2D eigenvalue weighted by atomic mass is 16.5. The highest BCUT2D eigenvalue weighted by Gasteiger charge is 2.12. The summed E-state index contributed by atoms with van der Waals surface area (Å²) in [6.45, 7) is 4.64. The standard InChI is InChI=1S/C22H20N2O3/c1-15-3-9-20(16(2)11-15)26-14-19-8-10-21(27-19)22(25)24-13-18-6-4-17(12-23)5-7-18/h3-11H,13-14H2,1-2H3,(H,24,25). The van der Waals surface area contributed by atoms with E-state index in [2.05, 4.69) is 17.5 Å². The third kappa shape index (κ3) is 4.77. The predicted molar refractivity (Wildman–Crippen MR) is 101 cm³/mol. The maximum Gasteiger partial charge on any atom is 0.287 e. The summed E-state index contributed by atoms with van der Waals surface area (Å²) in [5.41, 5.74) is 3.73. The van der Waals surface area contributed by atoms with Crippen molar-refractivity contribution in [1.29, 1.82) is 5.26 Å². The Kier molecular flexibility index (Phi) is 5.58. The summed E-state index contributed by atoms with van der Waals surface area (Å²) in [4.78, 5) is 12.2. The Balaban J connectivity index is 1.54. The van der Waals surface area contributed by atoms with Crippen molar-refractivity contribution >= 4 is 5.91 Å². The fourth-order valence-corrected chi connectivity index (χ4v) is 2.65. The van der Waals surface area contributed by atoms with Crippen molar-refractivity contribution < 1.29 is 13.9 Å². The van der Waals surface area contributed by atoms with Crippen LogP contribution in [0.1, 0.15) is 38.6 Å². The molecule has 2 aromatic carbocycles. The van der Waals surface area contributed by atoms with Crippen molar-refractivity contribution in [2.24, 2.45) is 0 Å². The van der Waals surface area contributed by atoms with Gasteiger partial charge in [-0.2, -0.15) is 5.26 Å². The molecule has 0 bridgehead atoms. The molecule has 0 radical (unpaired) electrons. The molecule has 0 aliphatic rings. The molecule has 0 fully saturated rings. The van der Waals surface area contributed by atoms with E-state index < -0.39 is 0 Å². The fourth-order valence-electron chi connectivity index (χ4n) is 2.65. The van der Waals surface area contributed by atoms with Crippen molar-refractivity contribution in [3.8, 4) is 11.8 Å². The van der Waals surface area contributed by atoms with Crippen molar-refractivity contribution in [2.45, 2.75) is 27.0 Å². The molecular weight excluding hydrogens is 340 g/mol. The highest BCUT2D eigenvalue weighted by molar-refractivity contribution is 5.91. The van der Waals surface area contributed by atoms with Gasteiger partial charge >= 0.3 is 0 Å². The molecule has 3 aromatic rings. The Morgan fingerprint density at radius 1 is 1.11 bits per heavy atom. The highest BCUT2D eigenvalue weighted by Crippen LogP contribution is 2.20. The number of rotatable bonds is 6. The minimum absolute atomic E-state index is 0.239. The first kappa shape index (κ1) is 18.3. The maximum atomic E-state index is 12.2. The summed E-state index contributed by atoms with van der Waals surface area (Å²) < 4.78 is 11.3. The Labute approximate surface area is 158 Å². The summed E-state index contributed by atoms with van der Waals surface area (Å²) in [5, 5.41) is 11.6. The molecule has 0 unspecified atom stereocenters. The molecule has 1 aromatic heterocycles. The van der Waals surface area contributed by atoms with E-state index in [0.717, 1.165) is 16.9 Å². The van der Waals surface area contributed by atoms with Crippen LogP contribution in [-0.4, -0.2) is 5.91 Å². The minimum Gasteiger partial charge on any atom is -0.485 e. The van der Waals surface area contributed by atoms with Crippen LogP contribution >= 0.6 is 0 Å². The summed E-state index contributed by atoms with van der Waals surface area (Å²) in [6.07, 6.45) is 0. The van der Waals surface area contributed by atoms with E-state index >= 15 is 0 Å². The lowest BCUT2D eigenvalue weighted by Gasteiger charge is -2.08. The van der Waals surface area contributed by atoms with Crippen molar-refractivity contribution in [1.82, 2.24) is 5.32 Å². The van der Waals surface area contributed by atoms with E-state index in [9.17, 15) is 4.79 Å². The second-order valence-electron chi connectivity index (χ2n) is 6.31. The smallest absolute Gasteiger partial charge is 0.287 e. The van der Waals surface area contributed by atoms with Crippen molar-refractivity contribution in [3.05, 3.63) is 88.4 Å². The number of nitriles is 1. The van der Waals surface area contributed by atoms with E-state index in [4.69, 9.17) is 14.4 Å². The van der Waals surface area contributed by atoms with Gasteiger partial charge in [-0.1, -0.05) is 29.8 Å². The zero-order chi connectivity index (χ0) is 19.2. The Morgan fingerprint density at radius 2 is 1.89 bits per heavy atom. The molecule has 5 nitrogen and oxygen atoms in total. The van der Waals surface area contributed by atoms with Gasteiger partial charge in [0.15, 0.2) is 5.76 Å². The van der Waals surface area contributed by atoms with Gasteiger partial charge in [0.2, 0.25) is 0 Å². The zero-order valence-electron chi connectivity index (χ0n) is 15.3. The van der Waals surface area contributed by atoms with Gasteiger partial charge in [-0.15, -0.1) is 0 Å². The summed E-state index contributed by atoms with van der Waals surface area (Å²) in [6, 6.07) is 18.5. The molecule has 0 aliphatic carbocycles. The lowest BCUT2D eigenvalue weighted by molar-refractivity contribution is 0.0919. The van der Waals surface area contributed by atoms with Crippen LogP contribution in [0.3, 0.4) is 0 Å². The summed E-state index contributed by atoms with van der Waals surface area (Å²) in [5.74, 6) is 1.32. The van der Waals surface area contributed by atoms with E-state index in [1.165, 1.54) is 5.56 Å². The molecule has 1 heterocycles. The molecule has 0 aliphatic heterocycles. The number of ether oxygens (including phenoxy) is 1. The van der Waals surface area contributed by atoms with E-state index in [1.807, 2.05) is 38.1 Å². The molecular formula is C22H20N2O3. The average molecular weight is 360 g/mol. The maximum absolute atomic E-state index is 12.2. The van der Waals surface area contributed by atoms with Gasteiger partial charge in [-0.3, -0.25) is 4.79 Å². The van der Waals surface area contributed by atoms with Crippen LogP contribution in [0.15, 0.2) is 59.0 Å². The number of carbonyl (C=O) groups is 1. The fraction of sp³-hybridized carbons (Fsp3) is 0.182. The molecule has 1 N–H and O–H groups in total. The molecule has 5 heteroatoms. The molecule has 1 amide bonds. The number of hydrogen-bond donors (Lipinski definition) is 1. The lowest BCUT2D eigenvalue weighted by atomic mass is 10.1. The van der Waals surface area contributed by atoms with Crippen LogP contribution in [0, 0.1) is 25.2 Å². The van der Waals surface area contributed by atoms with Gasteiger partial charge in [0.25, 0.3) is 5.91 Å². The Morgan fingerprint density at radius 3 is 2.59 bits per heavy atom. The van der Waals surface area contributed by atoms with Crippen LogP contribution in [0.25, 0.3) is 0 Å². The second-order valence-corrected chi connectivity index (χ2v) is 6.31. The number of aryl methyl sites for hydroxylation is 2. The first-order valence-corrected chi connectivity index (χ1v) is 8.61. The first-order chi connectivity index (χ1) is 13.0. The van der Waals surface area contributed by atoms with Crippen LogP contribution in [0.4, 0.5) is 0 Å². The van der Waals surface area contributed by atoms with Crippen molar-refractivity contribution in [3.63, 3.8) is 0 Å². The molecule has 0 saturated heterocycles. The van der Waals surface area contributed by atoms with Gasteiger partial charge < -0.3 is 14.5 Å². The zero-order valence-corrected chi connectivity index (χ0v) is 15.3. The number of nitrogens with one attached hydrogen (secondary N) is 1. The number of benzene rings is 2. The van der Waals surface area contributed by atoms with E-state index in [-0.39, 0.29) is 18.3 Å². The van der Waals surface area contributed by atoms with E-state index in [1.54, 1.807) is 24.3 Å². The number of furan rings is 1. The average Bonchev–Trinajstić information content (AvgIpc) is 3.15. The molecule has 3 rings (SSSR count). The van der Waals surface area contributed by atoms with Gasteiger partial charge in [0, 0.05) is 6.54 Å². The third-order valence-corrected chi connectivity index (χ3v) is 4.12. The van der Waals surface area contributed by atoms with Crippen molar-refractivity contribution in [2.75, 3.05) is 0 Å². The predicted octanol–water partition coefficient (Wildman–Crippen LogP) is 4.28. The van der Waals surface area contributed by atoms with Gasteiger partial charge in [0.1, 0.15) is 18.1 Å². The Bertz CT molecular complexity index is 982. The molecule has 0 saturated carbocycles. The van der Waals surface area contributed by atoms with E-state index in [0.29, 0.717) is 17.9 Å². The lowest BCUT2D eigenvalue weighted by Crippen LogP contribution is -2.22. The monoisotopic (exact) mass is 360 g/mol. The second kappa shape index (κ2) is 8.24. The summed E-state index contributed by atoms with van der Waals surface area (Å²) >= 11 is 0. The molecule has 0 atom stereocenters. The normalized spacial score (nSPS) is 10.3. The topological polar surface area (TPSA) is 75.3 Å². The van der Waals surface area contributed by atoms with Gasteiger partial charge in [0.05, 0.1) is 11.6 Å².